The fourth-order valence-corrected chi connectivity index (χ4v) is 4.31. The van der Waals surface area contributed by atoms with Crippen LogP contribution in [-0.4, -0.2) is 35.6 Å². The number of alkyl halides is 3. The van der Waals surface area contributed by atoms with E-state index >= 15 is 0 Å². The van der Waals surface area contributed by atoms with Crippen molar-refractivity contribution in [3.05, 3.63) is 70.0 Å². The number of H-pyrrole nitrogens is 1. The van der Waals surface area contributed by atoms with E-state index in [-0.39, 0.29) is 47.5 Å². The number of amides is 1. The Bertz CT molecular complexity index is 1370. The molecule has 1 fully saturated rings. The van der Waals surface area contributed by atoms with Crippen LogP contribution in [0.2, 0.25) is 0 Å². The maximum absolute atomic E-state index is 13.5. The number of halogens is 4. The summed E-state index contributed by atoms with van der Waals surface area (Å²) in [6, 6.07) is 10.2. The zero-order chi connectivity index (χ0) is 26.2. The Kier molecular flexibility index (Phi) is 8.34. The summed E-state index contributed by atoms with van der Waals surface area (Å²) < 4.78 is 45.6. The van der Waals surface area contributed by atoms with Gasteiger partial charge in [0, 0.05) is 16.6 Å². The number of ether oxygens (including phenoxy) is 1. The van der Waals surface area contributed by atoms with Crippen molar-refractivity contribution in [3.8, 4) is 11.3 Å². The molecule has 0 bridgehead atoms. The Morgan fingerprint density at radius 3 is 2.51 bits per heavy atom. The van der Waals surface area contributed by atoms with Crippen molar-refractivity contribution in [2.24, 2.45) is 11.7 Å². The molecule has 0 aliphatic carbocycles. The molecule has 198 valence electrons. The van der Waals surface area contributed by atoms with E-state index in [0.717, 1.165) is 6.07 Å². The van der Waals surface area contributed by atoms with Crippen LogP contribution in [0.15, 0.2) is 53.3 Å². The number of carbonyl (C=O) groups excluding carboxylic acids is 2. The molecule has 2 aromatic carbocycles. The molecule has 11 heteroatoms. The Morgan fingerprint density at radius 2 is 1.84 bits per heavy atom. The highest BCUT2D eigenvalue weighted by Crippen LogP contribution is 2.37. The van der Waals surface area contributed by atoms with Gasteiger partial charge in [-0.2, -0.15) is 13.2 Å². The maximum Gasteiger partial charge on any atom is 0.417 e. The van der Waals surface area contributed by atoms with Gasteiger partial charge < -0.3 is 20.8 Å². The summed E-state index contributed by atoms with van der Waals surface area (Å²) in [6.45, 7) is 3.59. The zero-order valence-corrected chi connectivity index (χ0v) is 20.9. The second kappa shape index (κ2) is 10.9. The van der Waals surface area contributed by atoms with Crippen molar-refractivity contribution in [3.63, 3.8) is 0 Å². The SMILES string of the molecule is CC(C)[C@H](N)C(=O)OCC1C[C@@H](c2ccc3cc(-c4ccccc4C(F)(F)F)[nH]c(=O)c3c2)C(=O)N1.Cl. The van der Waals surface area contributed by atoms with Gasteiger partial charge in [-0.05, 0) is 41.5 Å². The fraction of sp³-hybridized carbons (Fsp3) is 0.346. The van der Waals surface area contributed by atoms with Gasteiger partial charge in [0.1, 0.15) is 12.6 Å². The molecular weight excluding hydrogens is 511 g/mol. The highest BCUT2D eigenvalue weighted by molar-refractivity contribution is 5.90. The fourth-order valence-electron chi connectivity index (χ4n) is 4.31. The number of pyridine rings is 1. The Labute approximate surface area is 217 Å². The predicted molar refractivity (Wildman–Crippen MR) is 135 cm³/mol. The lowest BCUT2D eigenvalue weighted by Gasteiger charge is -2.16. The number of esters is 1. The number of rotatable bonds is 6. The predicted octanol–water partition coefficient (Wildman–Crippen LogP) is 4.13. The Hall–Kier alpha value is -3.37. The smallest absolute Gasteiger partial charge is 0.417 e. The highest BCUT2D eigenvalue weighted by Gasteiger charge is 2.35. The van der Waals surface area contributed by atoms with Crippen molar-refractivity contribution in [1.82, 2.24) is 10.3 Å². The molecule has 7 nitrogen and oxygen atoms in total. The molecule has 1 aliphatic rings. The number of fused-ring (bicyclic) bond motifs is 1. The molecule has 37 heavy (non-hydrogen) atoms. The monoisotopic (exact) mass is 537 g/mol. The van der Waals surface area contributed by atoms with Crippen LogP contribution in [0.1, 0.15) is 37.3 Å². The maximum atomic E-state index is 13.5. The Balaban J connectivity index is 0.00000380. The van der Waals surface area contributed by atoms with Crippen LogP contribution in [0, 0.1) is 5.92 Å². The van der Waals surface area contributed by atoms with Crippen molar-refractivity contribution in [1.29, 1.82) is 0 Å². The van der Waals surface area contributed by atoms with E-state index in [4.69, 9.17) is 10.5 Å². The summed E-state index contributed by atoms with van der Waals surface area (Å²) in [5.74, 6) is -1.46. The van der Waals surface area contributed by atoms with E-state index in [2.05, 4.69) is 10.3 Å². The molecule has 1 aliphatic heterocycles. The molecule has 3 aromatic rings. The van der Waals surface area contributed by atoms with Crippen LogP contribution in [0.5, 0.6) is 0 Å². The van der Waals surface area contributed by atoms with Crippen molar-refractivity contribution < 1.29 is 27.5 Å². The van der Waals surface area contributed by atoms with Gasteiger partial charge in [0.15, 0.2) is 0 Å². The second-order valence-corrected chi connectivity index (χ2v) is 9.30. The average Bonchev–Trinajstić information content (AvgIpc) is 3.21. The molecule has 1 unspecified atom stereocenters. The molecule has 0 radical (unpaired) electrons. The minimum Gasteiger partial charge on any atom is -0.462 e. The number of hydrogen-bond donors (Lipinski definition) is 3. The molecule has 0 saturated carbocycles. The van der Waals surface area contributed by atoms with Crippen molar-refractivity contribution >= 4 is 35.1 Å². The summed E-state index contributed by atoms with van der Waals surface area (Å²) in [7, 11) is 0. The van der Waals surface area contributed by atoms with E-state index in [1.165, 1.54) is 24.3 Å². The van der Waals surface area contributed by atoms with E-state index in [9.17, 15) is 27.6 Å². The van der Waals surface area contributed by atoms with Gasteiger partial charge >= 0.3 is 12.1 Å². The third-order valence-electron chi connectivity index (χ3n) is 6.40. The Morgan fingerprint density at radius 1 is 1.14 bits per heavy atom. The van der Waals surface area contributed by atoms with Gasteiger partial charge in [0.05, 0.1) is 17.5 Å². The third kappa shape index (κ3) is 5.97. The summed E-state index contributed by atoms with van der Waals surface area (Å²) >= 11 is 0. The summed E-state index contributed by atoms with van der Waals surface area (Å²) in [6.07, 6.45) is -4.23. The van der Waals surface area contributed by atoms with Crippen LogP contribution < -0.4 is 16.6 Å². The summed E-state index contributed by atoms with van der Waals surface area (Å²) in [5, 5.41) is 3.49. The topological polar surface area (TPSA) is 114 Å². The minimum atomic E-state index is -4.58. The first-order valence-corrected chi connectivity index (χ1v) is 11.5. The first kappa shape index (κ1) is 28.2. The van der Waals surface area contributed by atoms with E-state index in [0.29, 0.717) is 17.4 Å². The van der Waals surface area contributed by atoms with Crippen molar-refractivity contribution in [2.45, 2.75) is 44.4 Å². The van der Waals surface area contributed by atoms with Gasteiger partial charge in [-0.1, -0.05) is 44.2 Å². The lowest BCUT2D eigenvalue weighted by molar-refractivity contribution is -0.147. The van der Waals surface area contributed by atoms with Gasteiger partial charge in [-0.25, -0.2) is 0 Å². The van der Waals surface area contributed by atoms with Crippen LogP contribution in [0.3, 0.4) is 0 Å². The second-order valence-electron chi connectivity index (χ2n) is 9.30. The third-order valence-corrected chi connectivity index (χ3v) is 6.40. The van der Waals surface area contributed by atoms with E-state index in [1.54, 1.807) is 32.0 Å². The number of hydrogen-bond acceptors (Lipinski definition) is 5. The molecular formula is C26H27ClF3N3O4. The first-order valence-electron chi connectivity index (χ1n) is 11.5. The number of carbonyl (C=O) groups is 2. The largest absolute Gasteiger partial charge is 0.462 e. The minimum absolute atomic E-state index is 0. The zero-order valence-electron chi connectivity index (χ0n) is 20.1. The van der Waals surface area contributed by atoms with Crippen LogP contribution >= 0.6 is 12.4 Å². The van der Waals surface area contributed by atoms with Gasteiger partial charge in [-0.3, -0.25) is 14.4 Å². The van der Waals surface area contributed by atoms with Gasteiger partial charge in [0.25, 0.3) is 5.56 Å². The molecule has 4 rings (SSSR count). The standard InChI is InChI=1S/C26H26F3N3O4.ClH/c1-13(2)22(30)25(35)36-12-16-11-19(23(33)31-16)14-7-8-15-10-21(32-24(34)18(15)9-14)17-5-3-4-6-20(17)26(27,28)29;/h3-10,13,16,19,22H,11-12,30H2,1-2H3,(H,31,33)(H,32,34);1H/t16?,19-,22-;/m0./s1. The molecule has 4 N–H and O–H groups in total. The normalized spacial score (nSPS) is 18.4. The summed E-state index contributed by atoms with van der Waals surface area (Å²) in [4.78, 5) is 40.0. The van der Waals surface area contributed by atoms with Crippen LogP contribution in [0.25, 0.3) is 22.0 Å². The van der Waals surface area contributed by atoms with Crippen molar-refractivity contribution in [2.75, 3.05) is 6.61 Å². The number of nitrogens with one attached hydrogen (secondary N) is 2. The molecule has 1 saturated heterocycles. The quantitative estimate of drug-likeness (QED) is 0.409. The number of nitrogens with two attached hydrogens (primary N) is 1. The van der Waals surface area contributed by atoms with Gasteiger partial charge in [0.2, 0.25) is 5.91 Å². The lowest BCUT2D eigenvalue weighted by Crippen LogP contribution is -2.39. The molecule has 1 aromatic heterocycles. The number of aromatic nitrogens is 1. The molecule has 3 atom stereocenters. The van der Waals surface area contributed by atoms with E-state index < -0.39 is 41.3 Å². The van der Waals surface area contributed by atoms with Gasteiger partial charge in [-0.15, -0.1) is 12.4 Å². The average molecular weight is 538 g/mol. The van der Waals surface area contributed by atoms with E-state index in [1.807, 2.05) is 0 Å². The lowest BCUT2D eigenvalue weighted by atomic mass is 9.93. The summed E-state index contributed by atoms with van der Waals surface area (Å²) in [5.41, 5.74) is 4.88. The molecule has 2 heterocycles. The first-order chi connectivity index (χ1) is 17.0. The molecule has 0 spiro atoms. The highest BCUT2D eigenvalue weighted by atomic mass is 35.5. The van der Waals surface area contributed by atoms with Crippen LogP contribution in [-0.2, 0) is 20.5 Å². The molecule has 1 amide bonds. The van der Waals surface area contributed by atoms with Crippen LogP contribution in [0.4, 0.5) is 13.2 Å². The number of aromatic amines is 1. The number of benzene rings is 2.